The summed E-state index contributed by atoms with van der Waals surface area (Å²) >= 11 is 1.44. The van der Waals surface area contributed by atoms with Crippen molar-refractivity contribution >= 4 is 37.5 Å². The van der Waals surface area contributed by atoms with Gasteiger partial charge in [-0.2, -0.15) is 9.30 Å². The highest BCUT2D eigenvalue weighted by atomic mass is 32.2. The Bertz CT molecular complexity index is 1400. The lowest BCUT2D eigenvalue weighted by Gasteiger charge is -2.29. The third kappa shape index (κ3) is 4.08. The first-order valence-electron chi connectivity index (χ1n) is 11.1. The summed E-state index contributed by atoms with van der Waals surface area (Å²) in [6.07, 6.45) is 0.870. The largest absolute Gasteiger partial charge is 0.497 e. The Morgan fingerprint density at radius 2 is 1.82 bits per heavy atom. The molecule has 1 saturated heterocycles. The van der Waals surface area contributed by atoms with E-state index in [1.807, 2.05) is 23.6 Å². The summed E-state index contributed by atoms with van der Waals surface area (Å²) in [4.78, 5) is 18.3. The number of fused-ring (bicyclic) bond motifs is 2. The highest BCUT2D eigenvalue weighted by molar-refractivity contribution is 7.89. The van der Waals surface area contributed by atoms with Crippen LogP contribution in [0, 0.1) is 5.92 Å². The van der Waals surface area contributed by atoms with Crippen molar-refractivity contribution in [1.82, 2.24) is 8.87 Å². The molecule has 0 N–H and O–H groups in total. The predicted molar refractivity (Wildman–Crippen MR) is 127 cm³/mol. The fraction of sp³-hybridized carbons (Fsp3) is 0.391. The number of methoxy groups -OCH3 is 1. The molecule has 1 fully saturated rings. The molecule has 1 aromatic heterocycles. The Hall–Kier alpha value is -2.89. The van der Waals surface area contributed by atoms with Gasteiger partial charge in [-0.15, -0.1) is 0 Å². The van der Waals surface area contributed by atoms with Gasteiger partial charge in [-0.3, -0.25) is 4.79 Å². The van der Waals surface area contributed by atoms with Crippen LogP contribution in [0.25, 0.3) is 10.2 Å². The summed E-state index contributed by atoms with van der Waals surface area (Å²) in [5.41, 5.74) is 0.948. The van der Waals surface area contributed by atoms with Gasteiger partial charge in [0, 0.05) is 37.7 Å². The van der Waals surface area contributed by atoms with E-state index in [1.165, 1.54) is 34.9 Å². The summed E-state index contributed by atoms with van der Waals surface area (Å²) in [6.45, 7) is 3.43. The van der Waals surface area contributed by atoms with Gasteiger partial charge in [0.1, 0.15) is 5.75 Å². The summed E-state index contributed by atoms with van der Waals surface area (Å²) in [5.74, 6) is 1.46. The van der Waals surface area contributed by atoms with E-state index in [2.05, 4.69) is 4.99 Å². The minimum absolute atomic E-state index is 0.210. The maximum Gasteiger partial charge on any atom is 0.251 e. The van der Waals surface area contributed by atoms with Crippen molar-refractivity contribution in [2.75, 3.05) is 27.0 Å². The molecule has 180 valence electrons. The highest BCUT2D eigenvalue weighted by Crippen LogP contribution is 2.37. The van der Waals surface area contributed by atoms with Crippen LogP contribution in [0.5, 0.6) is 17.2 Å². The minimum Gasteiger partial charge on any atom is -0.497 e. The fourth-order valence-electron chi connectivity index (χ4n) is 4.28. The van der Waals surface area contributed by atoms with E-state index in [4.69, 9.17) is 14.2 Å². The molecule has 2 aliphatic rings. The van der Waals surface area contributed by atoms with Gasteiger partial charge in [0.2, 0.25) is 16.8 Å². The van der Waals surface area contributed by atoms with E-state index in [9.17, 15) is 13.2 Å². The van der Waals surface area contributed by atoms with Gasteiger partial charge < -0.3 is 18.8 Å². The SMILES string of the molecule is CCn1c(=NC(=O)C2CCN(S(=O)(=O)c3ccc(OC)cc3)CC2)sc2cc3c(cc21)OCO3. The maximum absolute atomic E-state index is 13.0. The van der Waals surface area contributed by atoms with Crippen molar-refractivity contribution in [3.8, 4) is 17.2 Å². The number of thiazole rings is 1. The lowest BCUT2D eigenvalue weighted by Crippen LogP contribution is -2.40. The van der Waals surface area contributed by atoms with Gasteiger partial charge in [0.15, 0.2) is 16.3 Å². The van der Waals surface area contributed by atoms with E-state index < -0.39 is 10.0 Å². The van der Waals surface area contributed by atoms with Crippen LogP contribution in [0.1, 0.15) is 19.8 Å². The number of aryl methyl sites for hydroxylation is 1. The minimum atomic E-state index is -3.62. The molecular weight excluding hydrogens is 478 g/mol. The van der Waals surface area contributed by atoms with E-state index in [-0.39, 0.29) is 36.6 Å². The van der Waals surface area contributed by atoms with Crippen molar-refractivity contribution < 1.29 is 27.4 Å². The number of aromatic nitrogens is 1. The molecule has 2 aliphatic heterocycles. The first kappa shape index (κ1) is 22.9. The van der Waals surface area contributed by atoms with Crippen molar-refractivity contribution in [2.45, 2.75) is 31.2 Å². The number of carbonyl (C=O) groups excluding carboxylic acids is 1. The molecule has 11 heteroatoms. The molecule has 0 aliphatic carbocycles. The number of hydrogen-bond donors (Lipinski definition) is 0. The van der Waals surface area contributed by atoms with Crippen molar-refractivity contribution in [3.63, 3.8) is 0 Å². The van der Waals surface area contributed by atoms with Crippen LogP contribution in [-0.2, 0) is 21.4 Å². The molecular formula is C23H25N3O6S2. The second-order valence-electron chi connectivity index (χ2n) is 8.11. The zero-order chi connectivity index (χ0) is 23.9. The van der Waals surface area contributed by atoms with E-state index in [0.29, 0.717) is 41.4 Å². The number of hydrogen-bond acceptors (Lipinski definition) is 7. The Balaban J connectivity index is 1.33. The van der Waals surface area contributed by atoms with Gasteiger partial charge in [-0.1, -0.05) is 11.3 Å². The average Bonchev–Trinajstić information content (AvgIpc) is 3.45. The predicted octanol–water partition coefficient (Wildman–Crippen LogP) is 2.99. The van der Waals surface area contributed by atoms with Crippen LogP contribution in [0.2, 0.25) is 0 Å². The Morgan fingerprint density at radius 1 is 1.15 bits per heavy atom. The zero-order valence-corrected chi connectivity index (χ0v) is 20.5. The average molecular weight is 504 g/mol. The number of piperidine rings is 1. The van der Waals surface area contributed by atoms with Crippen LogP contribution in [0.4, 0.5) is 0 Å². The third-order valence-corrected chi connectivity index (χ3v) is 9.15. The Kier molecular flexibility index (Phi) is 6.09. The van der Waals surface area contributed by atoms with Gasteiger partial charge in [-0.05, 0) is 44.0 Å². The number of ether oxygens (including phenoxy) is 3. The molecule has 3 heterocycles. The Morgan fingerprint density at radius 3 is 2.47 bits per heavy atom. The summed E-state index contributed by atoms with van der Waals surface area (Å²) in [5, 5.41) is 0. The van der Waals surface area contributed by atoms with E-state index in [0.717, 1.165) is 10.2 Å². The molecule has 9 nitrogen and oxygen atoms in total. The Labute approximate surface area is 201 Å². The smallest absolute Gasteiger partial charge is 0.251 e. The second-order valence-corrected chi connectivity index (χ2v) is 11.1. The molecule has 0 unspecified atom stereocenters. The standard InChI is InChI=1S/C23H25N3O6S2/c1-3-26-18-12-19-20(32-14-31-19)13-21(18)33-23(26)24-22(27)15-8-10-25(11-9-15)34(28,29)17-6-4-16(30-2)5-7-17/h4-7,12-13,15H,3,8-11,14H2,1-2H3. The van der Waals surface area contributed by atoms with Crippen molar-refractivity contribution in [1.29, 1.82) is 0 Å². The monoisotopic (exact) mass is 503 g/mol. The van der Waals surface area contributed by atoms with Gasteiger partial charge in [0.25, 0.3) is 5.91 Å². The molecule has 3 aromatic rings. The molecule has 0 spiro atoms. The summed E-state index contributed by atoms with van der Waals surface area (Å²) in [7, 11) is -2.08. The van der Waals surface area contributed by atoms with Crippen molar-refractivity contribution in [3.05, 3.63) is 41.2 Å². The molecule has 0 bridgehead atoms. The van der Waals surface area contributed by atoms with Gasteiger partial charge in [0.05, 0.1) is 22.2 Å². The van der Waals surface area contributed by atoms with Gasteiger partial charge in [-0.25, -0.2) is 8.42 Å². The number of rotatable bonds is 5. The normalized spacial score (nSPS) is 17.4. The lowest BCUT2D eigenvalue weighted by molar-refractivity contribution is -0.122. The van der Waals surface area contributed by atoms with Crippen LogP contribution < -0.4 is 19.0 Å². The summed E-state index contributed by atoms with van der Waals surface area (Å²) in [6, 6.07) is 10.2. The van der Waals surface area contributed by atoms with Crippen LogP contribution >= 0.6 is 11.3 Å². The molecule has 2 aromatic carbocycles. The van der Waals surface area contributed by atoms with Crippen LogP contribution in [-0.4, -0.2) is 50.2 Å². The highest BCUT2D eigenvalue weighted by Gasteiger charge is 2.32. The van der Waals surface area contributed by atoms with Gasteiger partial charge >= 0.3 is 0 Å². The van der Waals surface area contributed by atoms with Crippen LogP contribution in [0.15, 0.2) is 46.3 Å². The molecule has 5 rings (SSSR count). The maximum atomic E-state index is 13.0. The van der Waals surface area contributed by atoms with Crippen molar-refractivity contribution in [2.24, 2.45) is 10.9 Å². The quantitative estimate of drug-likeness (QED) is 0.531. The number of sulfonamides is 1. The fourth-order valence-corrected chi connectivity index (χ4v) is 6.86. The third-order valence-electron chi connectivity index (χ3n) is 6.20. The molecule has 0 atom stereocenters. The summed E-state index contributed by atoms with van der Waals surface area (Å²) < 4.78 is 46.4. The second kappa shape index (κ2) is 9.05. The number of nitrogens with zero attached hydrogens (tertiary/aromatic N) is 3. The molecule has 0 radical (unpaired) electrons. The lowest BCUT2D eigenvalue weighted by atomic mass is 9.98. The molecule has 0 saturated carbocycles. The number of carbonyl (C=O) groups is 1. The molecule has 1 amide bonds. The first-order chi connectivity index (χ1) is 16.4. The zero-order valence-electron chi connectivity index (χ0n) is 18.9. The molecule has 34 heavy (non-hydrogen) atoms. The van der Waals surface area contributed by atoms with Crippen LogP contribution in [0.3, 0.4) is 0 Å². The topological polar surface area (TPSA) is 99.4 Å². The van der Waals surface area contributed by atoms with E-state index >= 15 is 0 Å². The first-order valence-corrected chi connectivity index (χ1v) is 13.3. The van der Waals surface area contributed by atoms with E-state index in [1.54, 1.807) is 12.1 Å². The number of amides is 1. The number of benzene rings is 2.